The predicted octanol–water partition coefficient (Wildman–Crippen LogP) is 1.02. The predicted molar refractivity (Wildman–Crippen MR) is 75.2 cm³/mol. The Hall–Kier alpha value is -1.79. The number of rotatable bonds is 3. The second kappa shape index (κ2) is 6.32. The highest BCUT2D eigenvalue weighted by molar-refractivity contribution is 6.32. The first-order valence-electron chi connectivity index (χ1n) is 6.56. The molecule has 0 spiro atoms. The van der Waals surface area contributed by atoms with E-state index >= 15 is 0 Å². The van der Waals surface area contributed by atoms with Crippen molar-refractivity contribution in [2.45, 2.75) is 31.4 Å². The lowest BCUT2D eigenvalue weighted by molar-refractivity contribution is -0.154. The molecule has 0 saturated carbocycles. The molecule has 1 aliphatic heterocycles. The molecule has 21 heavy (non-hydrogen) atoms. The largest absolute Gasteiger partial charge is 0.506 e. The van der Waals surface area contributed by atoms with E-state index in [-0.39, 0.29) is 36.1 Å². The Bertz CT molecular complexity index is 562. The first-order chi connectivity index (χ1) is 9.88. The molecule has 0 aliphatic carbocycles. The average Bonchev–Trinajstić information content (AvgIpc) is 2.42. The number of hydrogen-bond acceptors (Lipinski definition) is 4. The van der Waals surface area contributed by atoms with Crippen molar-refractivity contribution in [3.63, 3.8) is 0 Å². The summed E-state index contributed by atoms with van der Waals surface area (Å²) < 4.78 is 0. The van der Waals surface area contributed by atoms with Crippen molar-refractivity contribution in [3.8, 4) is 5.75 Å². The van der Waals surface area contributed by atoms with Crippen molar-refractivity contribution in [2.24, 2.45) is 0 Å². The van der Waals surface area contributed by atoms with Gasteiger partial charge in [-0.2, -0.15) is 0 Å². The number of aromatic hydroxyl groups is 1. The van der Waals surface area contributed by atoms with Crippen molar-refractivity contribution in [1.82, 2.24) is 4.90 Å². The van der Waals surface area contributed by atoms with E-state index in [1.807, 2.05) is 0 Å². The van der Waals surface area contributed by atoms with Crippen LogP contribution in [0.2, 0.25) is 5.02 Å². The second-order valence-corrected chi connectivity index (χ2v) is 5.49. The third-order valence-corrected chi connectivity index (χ3v) is 3.85. The number of phenolic OH excluding ortho intramolecular Hbond substituents is 1. The van der Waals surface area contributed by atoms with E-state index in [1.54, 1.807) is 6.07 Å². The number of carboxylic acids is 1. The highest BCUT2D eigenvalue weighted by Gasteiger charge is 2.35. The lowest BCUT2D eigenvalue weighted by Crippen LogP contribution is -2.51. The molecule has 1 heterocycles. The minimum atomic E-state index is -1.12. The summed E-state index contributed by atoms with van der Waals surface area (Å²) in [5.74, 6) is -1.53. The first kappa shape index (κ1) is 15.6. The number of halogens is 1. The molecule has 3 N–H and O–H groups in total. The fraction of sp³-hybridized carbons (Fsp3) is 0.429. The smallest absolute Gasteiger partial charge is 0.326 e. The number of aliphatic hydroxyl groups is 1. The fourth-order valence-corrected chi connectivity index (χ4v) is 2.62. The van der Waals surface area contributed by atoms with Crippen LogP contribution in [0, 0.1) is 0 Å². The van der Waals surface area contributed by atoms with E-state index in [9.17, 15) is 19.8 Å². The normalized spacial score (nSPS) is 22.1. The van der Waals surface area contributed by atoms with E-state index in [4.69, 9.17) is 16.7 Å². The SMILES string of the molecule is O=C(O)[C@H]1C[C@@H](O)CCN1C(=O)Cc1ccc(O)c(Cl)c1. The van der Waals surface area contributed by atoms with Gasteiger partial charge in [-0.15, -0.1) is 0 Å². The summed E-state index contributed by atoms with van der Waals surface area (Å²) >= 11 is 5.78. The fourth-order valence-electron chi connectivity index (χ4n) is 2.42. The Kier molecular flexibility index (Phi) is 4.69. The number of carboxylic acid groups (broad SMARTS) is 1. The Morgan fingerprint density at radius 2 is 2.10 bits per heavy atom. The first-order valence-corrected chi connectivity index (χ1v) is 6.94. The standard InChI is InChI=1S/C14H16ClNO5/c15-10-5-8(1-2-12(10)18)6-13(19)16-4-3-9(17)7-11(16)14(20)21/h1-2,5,9,11,17-18H,3-4,6-7H2,(H,20,21)/t9-,11+/m0/s1. The summed E-state index contributed by atoms with van der Waals surface area (Å²) in [6.45, 7) is 0.211. The Balaban J connectivity index is 2.10. The zero-order chi connectivity index (χ0) is 15.6. The summed E-state index contributed by atoms with van der Waals surface area (Å²) in [7, 11) is 0. The topological polar surface area (TPSA) is 98.1 Å². The van der Waals surface area contributed by atoms with E-state index in [0.29, 0.717) is 12.0 Å². The van der Waals surface area contributed by atoms with Crippen LogP contribution in [0.4, 0.5) is 0 Å². The Labute approximate surface area is 126 Å². The van der Waals surface area contributed by atoms with Crippen LogP contribution in [0.25, 0.3) is 0 Å². The molecule has 1 amide bonds. The summed E-state index contributed by atoms with van der Waals surface area (Å²) in [5, 5.41) is 28.2. The Morgan fingerprint density at radius 3 is 2.71 bits per heavy atom. The molecule has 1 saturated heterocycles. The van der Waals surface area contributed by atoms with Gasteiger partial charge in [0.05, 0.1) is 17.5 Å². The van der Waals surface area contributed by atoms with E-state index in [2.05, 4.69) is 0 Å². The van der Waals surface area contributed by atoms with Gasteiger partial charge in [0, 0.05) is 13.0 Å². The minimum absolute atomic E-state index is 0.000124. The quantitative estimate of drug-likeness (QED) is 0.774. The number of aliphatic carboxylic acids is 1. The zero-order valence-corrected chi connectivity index (χ0v) is 12.0. The number of nitrogens with zero attached hydrogens (tertiary/aromatic N) is 1. The van der Waals surface area contributed by atoms with Gasteiger partial charge in [-0.05, 0) is 24.1 Å². The number of piperidine rings is 1. The molecular formula is C14H16ClNO5. The second-order valence-electron chi connectivity index (χ2n) is 5.08. The van der Waals surface area contributed by atoms with Gasteiger partial charge in [0.25, 0.3) is 0 Å². The molecule has 1 aromatic carbocycles. The molecule has 6 nitrogen and oxygen atoms in total. The molecular weight excluding hydrogens is 298 g/mol. The van der Waals surface area contributed by atoms with Crippen LogP contribution < -0.4 is 0 Å². The van der Waals surface area contributed by atoms with Crippen LogP contribution in [0.5, 0.6) is 5.75 Å². The number of carbonyl (C=O) groups is 2. The van der Waals surface area contributed by atoms with Gasteiger partial charge in [0.1, 0.15) is 11.8 Å². The number of phenols is 1. The molecule has 0 unspecified atom stereocenters. The molecule has 1 fully saturated rings. The lowest BCUT2D eigenvalue weighted by Gasteiger charge is -2.35. The molecule has 1 aromatic rings. The number of aliphatic hydroxyl groups excluding tert-OH is 1. The van der Waals surface area contributed by atoms with Crippen LogP contribution in [-0.4, -0.2) is 50.8 Å². The molecule has 7 heteroatoms. The average molecular weight is 314 g/mol. The molecule has 2 rings (SSSR count). The van der Waals surface area contributed by atoms with Crippen LogP contribution in [0.1, 0.15) is 18.4 Å². The van der Waals surface area contributed by atoms with Crippen LogP contribution >= 0.6 is 11.6 Å². The highest BCUT2D eigenvalue weighted by atomic mass is 35.5. The lowest BCUT2D eigenvalue weighted by atomic mass is 9.98. The van der Waals surface area contributed by atoms with Crippen molar-refractivity contribution in [1.29, 1.82) is 0 Å². The molecule has 1 aliphatic rings. The molecule has 0 radical (unpaired) electrons. The maximum absolute atomic E-state index is 12.3. The highest BCUT2D eigenvalue weighted by Crippen LogP contribution is 2.25. The van der Waals surface area contributed by atoms with E-state index in [1.165, 1.54) is 17.0 Å². The molecule has 0 bridgehead atoms. The Morgan fingerprint density at radius 1 is 1.38 bits per heavy atom. The van der Waals surface area contributed by atoms with Gasteiger partial charge < -0.3 is 20.2 Å². The van der Waals surface area contributed by atoms with Gasteiger partial charge in [-0.25, -0.2) is 4.79 Å². The third-order valence-electron chi connectivity index (χ3n) is 3.55. The minimum Gasteiger partial charge on any atom is -0.506 e. The van der Waals surface area contributed by atoms with Crippen LogP contribution in [0.15, 0.2) is 18.2 Å². The monoisotopic (exact) mass is 313 g/mol. The number of amides is 1. The summed E-state index contributed by atoms with van der Waals surface area (Å²) in [5.41, 5.74) is 0.595. The van der Waals surface area contributed by atoms with Crippen LogP contribution in [0.3, 0.4) is 0 Å². The van der Waals surface area contributed by atoms with Gasteiger partial charge in [0.15, 0.2) is 0 Å². The van der Waals surface area contributed by atoms with Gasteiger partial charge in [0.2, 0.25) is 5.91 Å². The van der Waals surface area contributed by atoms with E-state index < -0.39 is 18.1 Å². The summed E-state index contributed by atoms with van der Waals surface area (Å²) in [6, 6.07) is 3.42. The van der Waals surface area contributed by atoms with Crippen molar-refractivity contribution in [3.05, 3.63) is 28.8 Å². The number of hydrogen-bond donors (Lipinski definition) is 3. The number of benzene rings is 1. The van der Waals surface area contributed by atoms with Gasteiger partial charge in [-0.1, -0.05) is 17.7 Å². The number of carbonyl (C=O) groups excluding carboxylic acids is 1. The van der Waals surface area contributed by atoms with Gasteiger partial charge >= 0.3 is 5.97 Å². The number of likely N-dealkylation sites (tertiary alicyclic amines) is 1. The van der Waals surface area contributed by atoms with Crippen molar-refractivity contribution >= 4 is 23.5 Å². The van der Waals surface area contributed by atoms with Crippen LogP contribution in [-0.2, 0) is 16.0 Å². The van der Waals surface area contributed by atoms with Gasteiger partial charge in [-0.3, -0.25) is 4.79 Å². The molecule has 2 atom stereocenters. The molecule has 0 aromatic heterocycles. The molecule has 114 valence electrons. The maximum Gasteiger partial charge on any atom is 0.326 e. The summed E-state index contributed by atoms with van der Waals surface area (Å²) in [6.07, 6.45) is -0.290. The van der Waals surface area contributed by atoms with Crippen molar-refractivity contribution < 1.29 is 24.9 Å². The zero-order valence-electron chi connectivity index (χ0n) is 11.2. The summed E-state index contributed by atoms with van der Waals surface area (Å²) in [4.78, 5) is 24.7. The van der Waals surface area contributed by atoms with Crippen molar-refractivity contribution in [2.75, 3.05) is 6.54 Å². The van der Waals surface area contributed by atoms with E-state index in [0.717, 1.165) is 0 Å². The maximum atomic E-state index is 12.3. The third kappa shape index (κ3) is 3.65.